The molecule has 1 unspecified atom stereocenters. The molecule has 1 rings (SSSR count). The molecule has 1 saturated heterocycles. The average molecular weight is 209 g/mol. The van der Waals surface area contributed by atoms with Crippen LogP contribution in [0.15, 0.2) is 0 Å². The molecular formula is C7H9F2NO4. The molecule has 0 N–H and O–H groups in total. The smallest absolute Gasteiger partial charge is 0.292 e. The van der Waals surface area contributed by atoms with Crippen LogP contribution in [0.25, 0.3) is 0 Å². The van der Waals surface area contributed by atoms with Crippen LogP contribution in [0.4, 0.5) is 13.8 Å². The van der Waals surface area contributed by atoms with Gasteiger partial charge in [0.25, 0.3) is 0 Å². The minimum atomic E-state index is -1.29. The zero-order valence-corrected chi connectivity index (χ0v) is 7.24. The number of rotatable bonds is 1. The molecule has 14 heavy (non-hydrogen) atoms. The third kappa shape index (κ3) is 2.09. The van der Waals surface area contributed by atoms with Gasteiger partial charge in [-0.1, -0.05) is 0 Å². The van der Waals surface area contributed by atoms with Crippen molar-refractivity contribution >= 4 is 12.1 Å². The van der Waals surface area contributed by atoms with Crippen molar-refractivity contribution in [3.8, 4) is 0 Å². The molecule has 1 aliphatic rings. The van der Waals surface area contributed by atoms with E-state index in [0.29, 0.717) is 12.8 Å². The molecule has 0 bridgehead atoms. The number of halogens is 2. The number of likely N-dealkylation sites (tertiary alicyclic amines) is 1. The first-order chi connectivity index (χ1) is 6.70. The van der Waals surface area contributed by atoms with E-state index in [2.05, 4.69) is 9.88 Å². The zero-order chi connectivity index (χ0) is 10.6. The van der Waals surface area contributed by atoms with Gasteiger partial charge in [-0.05, 0) is 19.3 Å². The summed E-state index contributed by atoms with van der Waals surface area (Å²) < 4.78 is 23.2. The lowest BCUT2D eigenvalue weighted by Crippen LogP contribution is -2.47. The Morgan fingerprint density at radius 1 is 1.21 bits per heavy atom. The highest BCUT2D eigenvalue weighted by molar-refractivity contribution is 5.81. The highest BCUT2D eigenvalue weighted by atomic mass is 19.3. The van der Waals surface area contributed by atoms with E-state index < -0.39 is 18.1 Å². The Hall–Kier alpha value is -1.40. The van der Waals surface area contributed by atoms with E-state index in [1.54, 1.807) is 0 Å². The molecule has 0 aromatic rings. The van der Waals surface area contributed by atoms with Crippen molar-refractivity contribution < 1.29 is 28.5 Å². The number of piperidine rings is 1. The Balaban J connectivity index is 2.68. The summed E-state index contributed by atoms with van der Waals surface area (Å²) in [5.74, 6) is -1.20. The van der Waals surface area contributed by atoms with Crippen LogP contribution in [-0.2, 0) is 14.7 Å². The highest BCUT2D eigenvalue weighted by Gasteiger charge is 2.35. The molecule has 0 spiro atoms. The summed E-state index contributed by atoms with van der Waals surface area (Å²) in [6.07, 6.45) is 0.221. The van der Waals surface area contributed by atoms with Crippen molar-refractivity contribution in [2.24, 2.45) is 0 Å². The maximum atomic E-state index is 11.6. The topological polar surface area (TPSA) is 55.8 Å². The first-order valence-corrected chi connectivity index (χ1v) is 4.12. The second-order valence-electron chi connectivity index (χ2n) is 2.94. The van der Waals surface area contributed by atoms with Crippen molar-refractivity contribution in [3.63, 3.8) is 0 Å². The van der Waals surface area contributed by atoms with E-state index in [0.717, 1.165) is 4.90 Å². The molecule has 0 aliphatic carbocycles. The van der Waals surface area contributed by atoms with Gasteiger partial charge in [0, 0.05) is 15.6 Å². The number of nitrogens with zero attached hydrogens (tertiary/aromatic N) is 1. The van der Waals surface area contributed by atoms with E-state index in [1.165, 1.54) is 0 Å². The Kier molecular flexibility index (Phi) is 3.61. The molecule has 5 nitrogen and oxygen atoms in total. The van der Waals surface area contributed by atoms with Gasteiger partial charge in [-0.3, -0.25) is 9.84 Å². The molecule has 1 atom stereocenters. The normalized spacial score (nSPS) is 21.6. The third-order valence-corrected chi connectivity index (χ3v) is 2.15. The van der Waals surface area contributed by atoms with Crippen LogP contribution in [-0.4, -0.2) is 29.5 Å². The SMILES string of the molecule is O=C(OF)C1CCCCN1C(=O)OF. The van der Waals surface area contributed by atoms with Crippen LogP contribution in [0.3, 0.4) is 0 Å². The van der Waals surface area contributed by atoms with Gasteiger partial charge in [-0.15, -0.1) is 0 Å². The summed E-state index contributed by atoms with van der Waals surface area (Å²) in [6.45, 7) is 0.155. The predicted molar refractivity (Wildman–Crippen MR) is 39.1 cm³/mol. The fourth-order valence-corrected chi connectivity index (χ4v) is 1.49. The number of amides is 1. The first kappa shape index (κ1) is 10.7. The lowest BCUT2D eigenvalue weighted by molar-refractivity contribution is -0.192. The van der Waals surface area contributed by atoms with Gasteiger partial charge in [0.2, 0.25) is 0 Å². The number of hydrogen-bond donors (Lipinski definition) is 0. The van der Waals surface area contributed by atoms with Crippen LogP contribution in [0.2, 0.25) is 0 Å². The zero-order valence-electron chi connectivity index (χ0n) is 7.24. The number of carbonyl (C=O) groups excluding carboxylic acids is 2. The minimum absolute atomic E-state index is 0.155. The van der Waals surface area contributed by atoms with E-state index in [-0.39, 0.29) is 13.0 Å². The van der Waals surface area contributed by atoms with Crippen LogP contribution in [0, 0.1) is 0 Å². The maximum absolute atomic E-state index is 11.6. The Labute approximate surface area is 78.4 Å². The molecule has 0 aromatic carbocycles. The molecule has 1 heterocycles. The van der Waals surface area contributed by atoms with E-state index in [4.69, 9.17) is 0 Å². The summed E-state index contributed by atoms with van der Waals surface area (Å²) in [4.78, 5) is 28.4. The highest BCUT2D eigenvalue weighted by Crippen LogP contribution is 2.19. The molecule has 1 amide bonds. The van der Waals surface area contributed by atoms with E-state index in [9.17, 15) is 18.6 Å². The molecule has 80 valence electrons. The van der Waals surface area contributed by atoms with Crippen LogP contribution < -0.4 is 0 Å². The van der Waals surface area contributed by atoms with Crippen molar-refractivity contribution in [1.29, 1.82) is 0 Å². The first-order valence-electron chi connectivity index (χ1n) is 4.12. The molecule has 0 radical (unpaired) electrons. The molecule has 1 fully saturated rings. The lowest BCUT2D eigenvalue weighted by Gasteiger charge is -2.30. The van der Waals surface area contributed by atoms with Gasteiger partial charge >= 0.3 is 12.1 Å². The molecule has 1 aliphatic heterocycles. The summed E-state index contributed by atoms with van der Waals surface area (Å²) in [5, 5.41) is 0. The predicted octanol–water partition coefficient (Wildman–Crippen LogP) is 1.29. The monoisotopic (exact) mass is 209 g/mol. The van der Waals surface area contributed by atoms with E-state index in [1.807, 2.05) is 0 Å². The fraction of sp³-hybridized carbons (Fsp3) is 0.714. The Morgan fingerprint density at radius 2 is 1.93 bits per heavy atom. The second-order valence-corrected chi connectivity index (χ2v) is 2.94. The summed E-state index contributed by atoms with van der Waals surface area (Å²) in [7, 11) is 0. The Morgan fingerprint density at radius 3 is 2.50 bits per heavy atom. The average Bonchev–Trinajstić information content (AvgIpc) is 2.27. The molecule has 0 saturated carbocycles. The quantitative estimate of drug-likeness (QED) is 0.652. The van der Waals surface area contributed by atoms with Gasteiger partial charge in [0.1, 0.15) is 6.04 Å². The lowest BCUT2D eigenvalue weighted by atomic mass is 10.0. The third-order valence-electron chi connectivity index (χ3n) is 2.15. The maximum Gasteiger partial charge on any atom is 0.448 e. The minimum Gasteiger partial charge on any atom is -0.292 e. The largest absolute Gasteiger partial charge is 0.448 e. The summed E-state index contributed by atoms with van der Waals surface area (Å²) in [6, 6.07) is -1.09. The summed E-state index contributed by atoms with van der Waals surface area (Å²) >= 11 is 0. The van der Waals surface area contributed by atoms with Crippen molar-refractivity contribution in [3.05, 3.63) is 0 Å². The van der Waals surface area contributed by atoms with Crippen molar-refractivity contribution in [2.45, 2.75) is 25.3 Å². The van der Waals surface area contributed by atoms with Crippen molar-refractivity contribution in [2.75, 3.05) is 6.54 Å². The van der Waals surface area contributed by atoms with Crippen molar-refractivity contribution in [1.82, 2.24) is 4.90 Å². The van der Waals surface area contributed by atoms with Crippen LogP contribution in [0.5, 0.6) is 0 Å². The van der Waals surface area contributed by atoms with Gasteiger partial charge in [-0.2, -0.15) is 0 Å². The number of carbonyl (C=O) groups is 2. The van der Waals surface area contributed by atoms with Crippen LogP contribution >= 0.6 is 0 Å². The van der Waals surface area contributed by atoms with Gasteiger partial charge in [-0.25, -0.2) is 14.5 Å². The fourth-order valence-electron chi connectivity index (χ4n) is 1.49. The van der Waals surface area contributed by atoms with Crippen LogP contribution in [0.1, 0.15) is 19.3 Å². The molecule has 0 aromatic heterocycles. The van der Waals surface area contributed by atoms with Gasteiger partial charge in [0.05, 0.1) is 0 Å². The second kappa shape index (κ2) is 4.73. The van der Waals surface area contributed by atoms with Gasteiger partial charge < -0.3 is 0 Å². The standard InChI is InChI=1S/C7H9F2NO4/c8-13-6(11)5-3-1-2-4-10(5)7(12)14-9/h5H,1-4H2. The summed E-state index contributed by atoms with van der Waals surface area (Å²) in [5.41, 5.74) is 0. The molecule has 7 heteroatoms. The van der Waals surface area contributed by atoms with E-state index >= 15 is 0 Å². The number of hydrogen-bond acceptors (Lipinski definition) is 4. The Bertz CT molecular complexity index is 212. The molecular weight excluding hydrogens is 200 g/mol. The van der Waals surface area contributed by atoms with Gasteiger partial charge in [0.15, 0.2) is 0 Å².